The molecule has 0 saturated carbocycles. The van der Waals surface area contributed by atoms with Gasteiger partial charge in [0.25, 0.3) is 0 Å². The lowest BCUT2D eigenvalue weighted by Crippen LogP contribution is -2.51. The fraction of sp³-hybridized carbons (Fsp3) is 0.636. The Bertz CT molecular complexity index is 551. The van der Waals surface area contributed by atoms with Crippen molar-refractivity contribution in [3.8, 4) is 0 Å². The van der Waals surface area contributed by atoms with E-state index in [1.165, 1.54) is 0 Å². The van der Waals surface area contributed by atoms with Crippen LogP contribution in [0.3, 0.4) is 0 Å². The zero-order valence-electron chi connectivity index (χ0n) is 11.1. The number of rotatable bonds is 4. The molecule has 1 aliphatic rings. The minimum absolute atomic E-state index is 0.175. The van der Waals surface area contributed by atoms with Gasteiger partial charge in [-0.1, -0.05) is 0 Å². The lowest BCUT2D eigenvalue weighted by molar-refractivity contribution is 0.0531. The quantitative estimate of drug-likeness (QED) is 0.833. The number of hydrogen-bond acceptors (Lipinski definition) is 6. The number of nitrogens with zero attached hydrogens (tertiary/aromatic N) is 3. The molecule has 1 aromatic rings. The highest BCUT2D eigenvalue weighted by atomic mass is 32.2. The van der Waals surface area contributed by atoms with Crippen LogP contribution in [0.2, 0.25) is 0 Å². The summed E-state index contributed by atoms with van der Waals surface area (Å²) < 4.78 is 41.4. The van der Waals surface area contributed by atoms with Crippen molar-refractivity contribution >= 4 is 16.0 Å². The average Bonchev–Trinajstić information content (AvgIpc) is 2.38. The fourth-order valence-electron chi connectivity index (χ4n) is 2.23. The van der Waals surface area contributed by atoms with E-state index >= 15 is 0 Å². The lowest BCUT2D eigenvalue weighted by atomic mass is 10.1. The van der Waals surface area contributed by atoms with E-state index in [2.05, 4.69) is 9.97 Å². The van der Waals surface area contributed by atoms with Gasteiger partial charge in [-0.15, -0.1) is 0 Å². The highest BCUT2D eigenvalue weighted by Crippen LogP contribution is 2.21. The molecule has 1 aliphatic heterocycles. The van der Waals surface area contributed by atoms with Crippen molar-refractivity contribution in [2.75, 3.05) is 24.6 Å². The first-order chi connectivity index (χ1) is 9.40. The van der Waals surface area contributed by atoms with Gasteiger partial charge in [0.05, 0.1) is 23.7 Å². The third-order valence-corrected chi connectivity index (χ3v) is 4.40. The molecule has 1 aromatic heterocycles. The first kappa shape index (κ1) is 15.1. The van der Waals surface area contributed by atoms with Crippen LogP contribution in [0.5, 0.6) is 0 Å². The van der Waals surface area contributed by atoms with Crippen LogP contribution < -0.4 is 10.0 Å². The number of ether oxygens (including phenoxy) is 1. The normalized spacial score (nSPS) is 23.9. The summed E-state index contributed by atoms with van der Waals surface area (Å²) >= 11 is 0. The first-order valence-corrected chi connectivity index (χ1v) is 7.86. The second-order valence-corrected chi connectivity index (χ2v) is 6.48. The van der Waals surface area contributed by atoms with Crippen LogP contribution in [0.4, 0.5) is 10.3 Å². The Morgan fingerprint density at radius 1 is 1.45 bits per heavy atom. The minimum atomic E-state index is -3.68. The average molecular weight is 304 g/mol. The van der Waals surface area contributed by atoms with Gasteiger partial charge in [0.1, 0.15) is 0 Å². The second kappa shape index (κ2) is 5.98. The molecule has 0 bridgehead atoms. The maximum absolute atomic E-state index is 12.8. The molecular formula is C11H17FN4O3S. The first-order valence-electron chi connectivity index (χ1n) is 6.26. The molecule has 2 N–H and O–H groups in total. The molecule has 0 aromatic carbocycles. The van der Waals surface area contributed by atoms with Gasteiger partial charge in [0, 0.05) is 19.7 Å². The monoisotopic (exact) mass is 304 g/mol. The van der Waals surface area contributed by atoms with Crippen LogP contribution in [-0.4, -0.2) is 49.4 Å². The van der Waals surface area contributed by atoms with Gasteiger partial charge in [-0.25, -0.2) is 27.9 Å². The molecule has 0 aliphatic carbocycles. The van der Waals surface area contributed by atoms with Crippen LogP contribution in [-0.2, 0) is 14.8 Å². The summed E-state index contributed by atoms with van der Waals surface area (Å²) in [7, 11) is -3.68. The third-order valence-electron chi connectivity index (χ3n) is 3.13. The van der Waals surface area contributed by atoms with Crippen molar-refractivity contribution in [2.24, 2.45) is 5.14 Å². The van der Waals surface area contributed by atoms with Gasteiger partial charge in [0.15, 0.2) is 5.82 Å². The predicted molar refractivity (Wildman–Crippen MR) is 71.1 cm³/mol. The molecule has 2 rings (SSSR count). The van der Waals surface area contributed by atoms with E-state index in [0.29, 0.717) is 19.6 Å². The summed E-state index contributed by atoms with van der Waals surface area (Å²) in [5.74, 6) is -0.278. The summed E-state index contributed by atoms with van der Waals surface area (Å²) in [6, 6.07) is 0. The van der Waals surface area contributed by atoms with E-state index < -0.39 is 21.1 Å². The zero-order chi connectivity index (χ0) is 14.8. The van der Waals surface area contributed by atoms with Crippen LogP contribution in [0.15, 0.2) is 12.4 Å². The molecule has 0 amide bonds. The standard InChI is InChI=1S/C11H17FN4O3S/c1-2-19-9-3-10(20(13,17)18)7-16(6-9)11-14-4-8(12)5-15-11/h4-5,9-10H,2-3,6-7H2,1H3,(H2,13,17,18)/t9-,10-/m1/s1. The number of piperidine rings is 1. The molecule has 112 valence electrons. The molecule has 1 fully saturated rings. The molecular weight excluding hydrogens is 287 g/mol. The van der Waals surface area contributed by atoms with E-state index in [9.17, 15) is 12.8 Å². The lowest BCUT2D eigenvalue weighted by Gasteiger charge is -2.36. The zero-order valence-corrected chi connectivity index (χ0v) is 11.9. The Kier molecular flexibility index (Phi) is 4.51. The number of anilines is 1. The predicted octanol–water partition coefficient (Wildman–Crippen LogP) is -0.112. The van der Waals surface area contributed by atoms with E-state index in [0.717, 1.165) is 12.4 Å². The van der Waals surface area contributed by atoms with E-state index in [4.69, 9.17) is 9.88 Å². The maximum Gasteiger partial charge on any atom is 0.225 e. The van der Waals surface area contributed by atoms with Crippen LogP contribution in [0.25, 0.3) is 0 Å². The Labute approximate surface area is 117 Å². The van der Waals surface area contributed by atoms with Crippen molar-refractivity contribution < 1.29 is 17.5 Å². The van der Waals surface area contributed by atoms with E-state index in [1.807, 2.05) is 6.92 Å². The van der Waals surface area contributed by atoms with Crippen molar-refractivity contribution in [1.29, 1.82) is 0 Å². The van der Waals surface area contributed by atoms with Gasteiger partial charge >= 0.3 is 0 Å². The SMILES string of the molecule is CCO[C@@H]1C[C@@H](S(N)(=O)=O)CN(c2ncc(F)cn2)C1. The van der Waals surface area contributed by atoms with Gasteiger partial charge in [0.2, 0.25) is 16.0 Å². The van der Waals surface area contributed by atoms with Crippen LogP contribution >= 0.6 is 0 Å². The van der Waals surface area contributed by atoms with Gasteiger partial charge < -0.3 is 9.64 Å². The number of halogens is 1. The summed E-state index contributed by atoms with van der Waals surface area (Å²) in [5, 5.41) is 4.47. The van der Waals surface area contributed by atoms with Gasteiger partial charge in [-0.05, 0) is 13.3 Å². The Morgan fingerprint density at radius 3 is 2.65 bits per heavy atom. The summed E-state index contributed by atoms with van der Waals surface area (Å²) in [4.78, 5) is 9.37. The van der Waals surface area contributed by atoms with Crippen molar-refractivity contribution in [3.05, 3.63) is 18.2 Å². The Morgan fingerprint density at radius 2 is 2.10 bits per heavy atom. The largest absolute Gasteiger partial charge is 0.377 e. The fourth-order valence-corrected chi connectivity index (χ4v) is 3.11. The highest BCUT2D eigenvalue weighted by Gasteiger charge is 2.35. The summed E-state index contributed by atoms with van der Waals surface area (Å²) in [6.07, 6.45) is 2.15. The van der Waals surface area contributed by atoms with Crippen molar-refractivity contribution in [3.63, 3.8) is 0 Å². The van der Waals surface area contributed by atoms with Crippen LogP contribution in [0, 0.1) is 5.82 Å². The molecule has 0 spiro atoms. The molecule has 9 heteroatoms. The molecule has 2 atom stereocenters. The van der Waals surface area contributed by atoms with Crippen molar-refractivity contribution in [1.82, 2.24) is 9.97 Å². The number of aromatic nitrogens is 2. The van der Waals surface area contributed by atoms with Gasteiger partial charge in [-0.3, -0.25) is 0 Å². The Balaban J connectivity index is 2.21. The van der Waals surface area contributed by atoms with Crippen molar-refractivity contribution in [2.45, 2.75) is 24.7 Å². The number of primary sulfonamides is 1. The summed E-state index contributed by atoms with van der Waals surface area (Å²) in [5.41, 5.74) is 0. The highest BCUT2D eigenvalue weighted by molar-refractivity contribution is 7.89. The summed E-state index contributed by atoms with van der Waals surface area (Å²) in [6.45, 7) is 2.93. The molecule has 20 heavy (non-hydrogen) atoms. The molecule has 0 radical (unpaired) electrons. The number of hydrogen-bond donors (Lipinski definition) is 1. The molecule has 2 heterocycles. The van der Waals surface area contributed by atoms with E-state index in [1.54, 1.807) is 4.90 Å². The topological polar surface area (TPSA) is 98.4 Å². The second-order valence-electron chi connectivity index (χ2n) is 4.63. The maximum atomic E-state index is 12.8. The Hall–Kier alpha value is -1.32. The smallest absolute Gasteiger partial charge is 0.225 e. The molecule has 1 saturated heterocycles. The third kappa shape index (κ3) is 3.62. The minimum Gasteiger partial charge on any atom is -0.377 e. The number of sulfonamides is 1. The van der Waals surface area contributed by atoms with Crippen LogP contribution in [0.1, 0.15) is 13.3 Å². The van der Waals surface area contributed by atoms with Gasteiger partial charge in [-0.2, -0.15) is 0 Å². The molecule has 0 unspecified atom stereocenters. The number of nitrogens with two attached hydrogens (primary N) is 1. The molecule has 7 nitrogen and oxygen atoms in total. The van der Waals surface area contributed by atoms with E-state index in [-0.39, 0.29) is 18.6 Å².